The van der Waals surface area contributed by atoms with Gasteiger partial charge in [-0.25, -0.2) is 0 Å². The van der Waals surface area contributed by atoms with Gasteiger partial charge in [0.1, 0.15) is 12.7 Å². The minimum Gasteiger partial charge on any atom is -0.463 e. The number of rotatable bonds is 29. The average molecular weight is 499 g/mol. The van der Waals surface area contributed by atoms with Crippen LogP contribution in [0.4, 0.5) is 0 Å². The van der Waals surface area contributed by atoms with Gasteiger partial charge in [-0.3, -0.25) is 4.79 Å². The molecule has 4 heteroatoms. The SMILES string of the molecule is CCCCCCCCCCOC(COCCCCCCCC)COC(=O)CCCCCCCCC. The van der Waals surface area contributed by atoms with Crippen molar-refractivity contribution in [1.29, 1.82) is 0 Å². The third-order valence-electron chi connectivity index (χ3n) is 6.71. The minimum absolute atomic E-state index is 0.0878. The summed E-state index contributed by atoms with van der Waals surface area (Å²) in [5, 5.41) is 0. The maximum Gasteiger partial charge on any atom is 0.305 e. The minimum atomic E-state index is -0.141. The lowest BCUT2D eigenvalue weighted by molar-refractivity contribution is -0.150. The molecule has 1 unspecified atom stereocenters. The summed E-state index contributed by atoms with van der Waals surface area (Å²) in [7, 11) is 0. The van der Waals surface area contributed by atoms with E-state index in [1.807, 2.05) is 0 Å². The molecule has 0 rings (SSSR count). The lowest BCUT2D eigenvalue weighted by Crippen LogP contribution is -2.28. The van der Waals surface area contributed by atoms with Crippen LogP contribution >= 0.6 is 0 Å². The van der Waals surface area contributed by atoms with Crippen LogP contribution in [0.5, 0.6) is 0 Å². The average Bonchev–Trinajstić information content (AvgIpc) is 2.86. The van der Waals surface area contributed by atoms with Crippen LogP contribution in [0.2, 0.25) is 0 Å². The second-order valence-electron chi connectivity index (χ2n) is 10.4. The molecule has 0 saturated carbocycles. The van der Waals surface area contributed by atoms with Gasteiger partial charge < -0.3 is 14.2 Å². The van der Waals surface area contributed by atoms with Gasteiger partial charge in [-0.1, -0.05) is 136 Å². The number of hydrogen-bond acceptors (Lipinski definition) is 4. The Hall–Kier alpha value is -0.610. The highest BCUT2D eigenvalue weighted by Crippen LogP contribution is 2.11. The highest BCUT2D eigenvalue weighted by Gasteiger charge is 2.13. The number of hydrogen-bond donors (Lipinski definition) is 0. The normalized spacial score (nSPS) is 12.2. The monoisotopic (exact) mass is 498 g/mol. The first-order valence-corrected chi connectivity index (χ1v) is 15.6. The molecule has 0 saturated heterocycles. The van der Waals surface area contributed by atoms with Crippen molar-refractivity contribution in [1.82, 2.24) is 0 Å². The molecule has 0 aliphatic carbocycles. The standard InChI is InChI=1S/C31H62O4/c1-4-7-10-13-16-18-21-24-27-34-30(28-33-26-23-20-15-12-9-6-3)29-35-31(32)25-22-19-17-14-11-8-5-2/h30H,4-29H2,1-3H3. The van der Waals surface area contributed by atoms with Gasteiger partial charge in [0.05, 0.1) is 6.61 Å². The number of carbonyl (C=O) groups is 1. The van der Waals surface area contributed by atoms with Crippen molar-refractivity contribution < 1.29 is 19.0 Å². The molecule has 0 heterocycles. The molecule has 0 bridgehead atoms. The lowest BCUT2D eigenvalue weighted by atomic mass is 10.1. The zero-order valence-electron chi connectivity index (χ0n) is 24.1. The Labute approximate surface area is 219 Å². The molecule has 0 aliphatic heterocycles. The predicted molar refractivity (Wildman–Crippen MR) is 150 cm³/mol. The Morgan fingerprint density at radius 3 is 1.46 bits per heavy atom. The van der Waals surface area contributed by atoms with Gasteiger partial charge in [-0.2, -0.15) is 0 Å². The summed E-state index contributed by atoms with van der Waals surface area (Å²) >= 11 is 0. The van der Waals surface area contributed by atoms with Gasteiger partial charge in [0.15, 0.2) is 0 Å². The summed E-state index contributed by atoms with van der Waals surface area (Å²) < 4.78 is 17.5. The molecule has 0 fully saturated rings. The molecule has 0 aromatic rings. The molecule has 35 heavy (non-hydrogen) atoms. The van der Waals surface area contributed by atoms with Crippen molar-refractivity contribution in [3.05, 3.63) is 0 Å². The van der Waals surface area contributed by atoms with Gasteiger partial charge in [0.25, 0.3) is 0 Å². The maximum atomic E-state index is 12.2. The lowest BCUT2D eigenvalue weighted by Gasteiger charge is -2.18. The Morgan fingerprint density at radius 1 is 0.514 bits per heavy atom. The van der Waals surface area contributed by atoms with Crippen LogP contribution in [0.15, 0.2) is 0 Å². The maximum absolute atomic E-state index is 12.2. The molecule has 0 radical (unpaired) electrons. The Bertz CT molecular complexity index is 413. The summed E-state index contributed by atoms with van der Waals surface area (Å²) in [4.78, 5) is 12.2. The van der Waals surface area contributed by atoms with E-state index in [4.69, 9.17) is 14.2 Å². The topological polar surface area (TPSA) is 44.8 Å². The number of esters is 1. The van der Waals surface area contributed by atoms with E-state index in [1.165, 1.54) is 109 Å². The van der Waals surface area contributed by atoms with Crippen molar-refractivity contribution >= 4 is 5.97 Å². The van der Waals surface area contributed by atoms with Crippen LogP contribution in [0.25, 0.3) is 0 Å². The Balaban J connectivity index is 4.01. The van der Waals surface area contributed by atoms with Crippen LogP contribution in [0, 0.1) is 0 Å². The fraction of sp³-hybridized carbons (Fsp3) is 0.968. The van der Waals surface area contributed by atoms with Crippen LogP contribution in [-0.2, 0) is 19.0 Å². The van der Waals surface area contributed by atoms with Gasteiger partial charge in [-0.05, 0) is 19.3 Å². The molecule has 4 nitrogen and oxygen atoms in total. The third-order valence-corrected chi connectivity index (χ3v) is 6.71. The summed E-state index contributed by atoms with van der Waals surface area (Å²) in [6.07, 6.45) is 26.8. The summed E-state index contributed by atoms with van der Waals surface area (Å²) in [6, 6.07) is 0. The van der Waals surface area contributed by atoms with E-state index in [-0.39, 0.29) is 12.1 Å². The zero-order chi connectivity index (χ0) is 25.7. The summed E-state index contributed by atoms with van der Waals surface area (Å²) in [5.74, 6) is -0.0878. The van der Waals surface area contributed by atoms with Crippen LogP contribution < -0.4 is 0 Å². The Morgan fingerprint density at radius 2 is 0.943 bits per heavy atom. The van der Waals surface area contributed by atoms with Gasteiger partial charge in [0, 0.05) is 19.6 Å². The van der Waals surface area contributed by atoms with Crippen molar-refractivity contribution in [3.63, 3.8) is 0 Å². The Kier molecular flexibility index (Phi) is 29.1. The van der Waals surface area contributed by atoms with Crippen molar-refractivity contribution in [2.75, 3.05) is 26.4 Å². The van der Waals surface area contributed by atoms with Gasteiger partial charge in [-0.15, -0.1) is 0 Å². The first-order valence-electron chi connectivity index (χ1n) is 15.6. The fourth-order valence-corrected chi connectivity index (χ4v) is 4.31. The number of ether oxygens (including phenoxy) is 3. The second-order valence-corrected chi connectivity index (χ2v) is 10.4. The van der Waals surface area contributed by atoms with Crippen LogP contribution in [-0.4, -0.2) is 38.5 Å². The summed E-state index contributed by atoms with van der Waals surface area (Å²) in [5.41, 5.74) is 0. The highest BCUT2D eigenvalue weighted by atomic mass is 16.6. The molecule has 0 amide bonds. The molecule has 1 atom stereocenters. The molecule has 0 aromatic heterocycles. The van der Waals surface area contributed by atoms with E-state index in [0.29, 0.717) is 19.6 Å². The predicted octanol–water partition coefficient (Wildman–Crippen LogP) is 9.57. The van der Waals surface area contributed by atoms with Gasteiger partial charge >= 0.3 is 5.97 Å². The van der Waals surface area contributed by atoms with E-state index >= 15 is 0 Å². The zero-order valence-corrected chi connectivity index (χ0v) is 24.1. The highest BCUT2D eigenvalue weighted by molar-refractivity contribution is 5.69. The van der Waals surface area contributed by atoms with E-state index < -0.39 is 0 Å². The smallest absolute Gasteiger partial charge is 0.305 e. The van der Waals surface area contributed by atoms with Crippen LogP contribution in [0.1, 0.15) is 162 Å². The first-order chi connectivity index (χ1) is 17.2. The van der Waals surface area contributed by atoms with E-state index in [0.717, 1.165) is 38.9 Å². The van der Waals surface area contributed by atoms with E-state index in [2.05, 4.69) is 20.8 Å². The molecule has 0 N–H and O–H groups in total. The number of carbonyl (C=O) groups excluding carboxylic acids is 1. The molecule has 210 valence electrons. The quantitative estimate of drug-likeness (QED) is 0.0760. The van der Waals surface area contributed by atoms with Crippen molar-refractivity contribution in [2.24, 2.45) is 0 Å². The molecule has 0 spiro atoms. The third kappa shape index (κ3) is 27.8. The van der Waals surface area contributed by atoms with Crippen LogP contribution in [0.3, 0.4) is 0 Å². The fourth-order valence-electron chi connectivity index (χ4n) is 4.31. The molecule has 0 aliphatic rings. The molecule has 0 aromatic carbocycles. The number of unbranched alkanes of at least 4 members (excludes halogenated alkanes) is 18. The molecular weight excluding hydrogens is 436 g/mol. The van der Waals surface area contributed by atoms with E-state index in [9.17, 15) is 4.79 Å². The van der Waals surface area contributed by atoms with Crippen molar-refractivity contribution in [3.8, 4) is 0 Å². The van der Waals surface area contributed by atoms with Crippen molar-refractivity contribution in [2.45, 2.75) is 168 Å². The second kappa shape index (κ2) is 29.6. The van der Waals surface area contributed by atoms with Gasteiger partial charge in [0.2, 0.25) is 0 Å². The first kappa shape index (κ1) is 34.4. The largest absolute Gasteiger partial charge is 0.463 e. The molecular formula is C31H62O4. The van der Waals surface area contributed by atoms with E-state index in [1.54, 1.807) is 0 Å². The summed E-state index contributed by atoms with van der Waals surface area (Å²) in [6.45, 7) is 9.10.